The SMILES string of the molecule is O=C(CCCc1ccc2c(c1)CCC2)NCCF. The standard InChI is InChI=1S/C15H20FNO/c16-9-10-17-15(18)6-1-3-12-7-8-13-4-2-5-14(13)11-12/h7-8,11H,1-6,9-10H2,(H,17,18). The predicted octanol–water partition coefficient (Wildman–Crippen LogP) is 2.58. The molecule has 0 atom stereocenters. The summed E-state index contributed by atoms with van der Waals surface area (Å²) in [5.41, 5.74) is 4.28. The number of halogens is 1. The summed E-state index contributed by atoms with van der Waals surface area (Å²) in [5, 5.41) is 2.55. The quantitative estimate of drug-likeness (QED) is 0.825. The van der Waals surface area contributed by atoms with E-state index in [9.17, 15) is 9.18 Å². The summed E-state index contributed by atoms with van der Waals surface area (Å²) in [7, 11) is 0. The molecule has 0 fully saturated rings. The van der Waals surface area contributed by atoms with Crippen LogP contribution in [0.1, 0.15) is 36.0 Å². The molecule has 1 aliphatic carbocycles. The number of carbonyl (C=O) groups excluding carboxylic acids is 1. The number of fused-ring (bicyclic) bond motifs is 1. The van der Waals surface area contributed by atoms with Crippen molar-refractivity contribution in [3.8, 4) is 0 Å². The number of alkyl halides is 1. The fraction of sp³-hybridized carbons (Fsp3) is 0.533. The zero-order valence-corrected chi connectivity index (χ0v) is 10.7. The summed E-state index contributed by atoms with van der Waals surface area (Å²) < 4.78 is 11.9. The monoisotopic (exact) mass is 249 g/mol. The molecular formula is C15H20FNO. The number of hydrogen-bond acceptors (Lipinski definition) is 1. The van der Waals surface area contributed by atoms with Gasteiger partial charge in [0, 0.05) is 13.0 Å². The van der Waals surface area contributed by atoms with Gasteiger partial charge in [0.2, 0.25) is 5.91 Å². The van der Waals surface area contributed by atoms with Gasteiger partial charge in [-0.3, -0.25) is 4.79 Å². The number of carbonyl (C=O) groups is 1. The lowest BCUT2D eigenvalue weighted by molar-refractivity contribution is -0.121. The van der Waals surface area contributed by atoms with E-state index >= 15 is 0 Å². The molecule has 1 N–H and O–H groups in total. The van der Waals surface area contributed by atoms with E-state index in [4.69, 9.17) is 0 Å². The van der Waals surface area contributed by atoms with Gasteiger partial charge in [0.15, 0.2) is 0 Å². The van der Waals surface area contributed by atoms with Crippen LogP contribution in [0.5, 0.6) is 0 Å². The van der Waals surface area contributed by atoms with Crippen LogP contribution in [0.3, 0.4) is 0 Å². The second kappa shape index (κ2) is 6.53. The number of amides is 1. The minimum absolute atomic E-state index is 0.0474. The first-order chi connectivity index (χ1) is 8.79. The molecule has 98 valence electrons. The van der Waals surface area contributed by atoms with Crippen LogP contribution in [-0.4, -0.2) is 19.1 Å². The third-order valence-corrected chi connectivity index (χ3v) is 3.45. The number of hydrogen-bond donors (Lipinski definition) is 1. The molecule has 1 aromatic rings. The molecule has 1 aromatic carbocycles. The lowest BCUT2D eigenvalue weighted by atomic mass is 10.0. The second-order valence-corrected chi connectivity index (χ2v) is 4.85. The van der Waals surface area contributed by atoms with Crippen molar-refractivity contribution >= 4 is 5.91 Å². The number of benzene rings is 1. The molecular weight excluding hydrogens is 229 g/mol. The zero-order valence-electron chi connectivity index (χ0n) is 10.7. The molecule has 0 spiro atoms. The largest absolute Gasteiger partial charge is 0.353 e. The predicted molar refractivity (Wildman–Crippen MR) is 70.4 cm³/mol. The molecule has 0 aliphatic heterocycles. The summed E-state index contributed by atoms with van der Waals surface area (Å²) in [4.78, 5) is 11.3. The molecule has 3 heteroatoms. The van der Waals surface area contributed by atoms with Crippen molar-refractivity contribution in [2.45, 2.75) is 38.5 Å². The second-order valence-electron chi connectivity index (χ2n) is 4.85. The van der Waals surface area contributed by atoms with Crippen LogP contribution in [0.15, 0.2) is 18.2 Å². The van der Waals surface area contributed by atoms with E-state index in [1.807, 2.05) is 0 Å². The molecule has 0 saturated carbocycles. The first kappa shape index (κ1) is 13.1. The van der Waals surface area contributed by atoms with Crippen LogP contribution in [0.4, 0.5) is 4.39 Å². The summed E-state index contributed by atoms with van der Waals surface area (Å²) >= 11 is 0. The molecule has 0 aromatic heterocycles. The van der Waals surface area contributed by atoms with Crippen LogP contribution in [0.25, 0.3) is 0 Å². The average molecular weight is 249 g/mol. The van der Waals surface area contributed by atoms with Crippen LogP contribution >= 0.6 is 0 Å². The minimum Gasteiger partial charge on any atom is -0.353 e. The Kier molecular flexibility index (Phi) is 4.73. The van der Waals surface area contributed by atoms with E-state index in [1.54, 1.807) is 0 Å². The van der Waals surface area contributed by atoms with Crippen LogP contribution in [-0.2, 0) is 24.1 Å². The van der Waals surface area contributed by atoms with Crippen molar-refractivity contribution in [3.05, 3.63) is 34.9 Å². The Bertz CT molecular complexity index is 417. The van der Waals surface area contributed by atoms with Gasteiger partial charge in [-0.05, 0) is 48.8 Å². The van der Waals surface area contributed by atoms with Gasteiger partial charge in [-0.2, -0.15) is 0 Å². The summed E-state index contributed by atoms with van der Waals surface area (Å²) in [6.45, 7) is -0.353. The van der Waals surface area contributed by atoms with Gasteiger partial charge in [0.1, 0.15) is 6.67 Å². The van der Waals surface area contributed by atoms with Crippen molar-refractivity contribution in [3.63, 3.8) is 0 Å². The maximum Gasteiger partial charge on any atom is 0.220 e. The third kappa shape index (κ3) is 3.56. The Hall–Kier alpha value is -1.38. The van der Waals surface area contributed by atoms with Crippen molar-refractivity contribution in [1.29, 1.82) is 0 Å². The van der Waals surface area contributed by atoms with Crippen LogP contribution in [0.2, 0.25) is 0 Å². The molecule has 0 unspecified atom stereocenters. The highest BCUT2D eigenvalue weighted by Gasteiger charge is 2.10. The Morgan fingerprint density at radius 3 is 2.94 bits per heavy atom. The molecule has 2 rings (SSSR count). The zero-order chi connectivity index (χ0) is 12.8. The highest BCUT2D eigenvalue weighted by molar-refractivity contribution is 5.75. The maximum atomic E-state index is 11.9. The normalized spacial score (nSPS) is 13.4. The lowest BCUT2D eigenvalue weighted by Crippen LogP contribution is -2.25. The number of nitrogens with one attached hydrogen (secondary N) is 1. The number of aryl methyl sites for hydroxylation is 3. The smallest absolute Gasteiger partial charge is 0.220 e. The van der Waals surface area contributed by atoms with Crippen LogP contribution < -0.4 is 5.32 Å². The molecule has 1 aliphatic rings. The lowest BCUT2D eigenvalue weighted by Gasteiger charge is -2.05. The van der Waals surface area contributed by atoms with E-state index in [2.05, 4.69) is 23.5 Å². The molecule has 0 radical (unpaired) electrons. The first-order valence-electron chi connectivity index (χ1n) is 6.73. The first-order valence-corrected chi connectivity index (χ1v) is 6.73. The van der Waals surface area contributed by atoms with E-state index < -0.39 is 6.67 Å². The van der Waals surface area contributed by atoms with Gasteiger partial charge < -0.3 is 5.32 Å². The average Bonchev–Trinajstić information content (AvgIpc) is 2.83. The number of rotatable bonds is 6. The van der Waals surface area contributed by atoms with Crippen molar-refractivity contribution in [2.75, 3.05) is 13.2 Å². The minimum atomic E-state index is -0.490. The van der Waals surface area contributed by atoms with Gasteiger partial charge in [-0.1, -0.05) is 18.2 Å². The molecule has 1 amide bonds. The highest BCUT2D eigenvalue weighted by atomic mass is 19.1. The maximum absolute atomic E-state index is 11.9. The van der Waals surface area contributed by atoms with E-state index in [1.165, 1.54) is 36.0 Å². The van der Waals surface area contributed by atoms with Crippen molar-refractivity contribution in [1.82, 2.24) is 5.32 Å². The van der Waals surface area contributed by atoms with Gasteiger partial charge >= 0.3 is 0 Å². The van der Waals surface area contributed by atoms with Crippen molar-refractivity contribution < 1.29 is 9.18 Å². The van der Waals surface area contributed by atoms with Gasteiger partial charge in [-0.15, -0.1) is 0 Å². The molecule has 18 heavy (non-hydrogen) atoms. The molecule has 2 nitrogen and oxygen atoms in total. The van der Waals surface area contributed by atoms with E-state index in [0.717, 1.165) is 12.8 Å². The van der Waals surface area contributed by atoms with Crippen LogP contribution in [0, 0.1) is 0 Å². The van der Waals surface area contributed by atoms with Gasteiger partial charge in [0.05, 0.1) is 0 Å². The molecule has 0 heterocycles. The molecule has 0 saturated heterocycles. The summed E-state index contributed by atoms with van der Waals surface area (Å²) in [6.07, 6.45) is 5.91. The van der Waals surface area contributed by atoms with E-state index in [0.29, 0.717) is 6.42 Å². The molecule has 0 bridgehead atoms. The fourth-order valence-corrected chi connectivity index (χ4v) is 2.51. The highest BCUT2D eigenvalue weighted by Crippen LogP contribution is 2.23. The van der Waals surface area contributed by atoms with E-state index in [-0.39, 0.29) is 12.5 Å². The topological polar surface area (TPSA) is 29.1 Å². The Balaban J connectivity index is 1.75. The Morgan fingerprint density at radius 2 is 2.11 bits per heavy atom. The summed E-state index contributed by atoms with van der Waals surface area (Å²) in [6, 6.07) is 6.67. The Morgan fingerprint density at radius 1 is 1.28 bits per heavy atom. The van der Waals surface area contributed by atoms with Crippen molar-refractivity contribution in [2.24, 2.45) is 0 Å². The van der Waals surface area contributed by atoms with Gasteiger partial charge in [-0.25, -0.2) is 4.39 Å². The third-order valence-electron chi connectivity index (χ3n) is 3.45. The Labute approximate surface area is 108 Å². The fourth-order valence-electron chi connectivity index (χ4n) is 2.51. The van der Waals surface area contributed by atoms with Gasteiger partial charge in [0.25, 0.3) is 0 Å². The summed E-state index contributed by atoms with van der Waals surface area (Å²) in [5.74, 6) is -0.0474.